The summed E-state index contributed by atoms with van der Waals surface area (Å²) in [6.45, 7) is 2.19. The zero-order valence-corrected chi connectivity index (χ0v) is 20.1. The van der Waals surface area contributed by atoms with Gasteiger partial charge in [0.05, 0.1) is 11.8 Å². The van der Waals surface area contributed by atoms with E-state index in [1.54, 1.807) is 0 Å². The van der Waals surface area contributed by atoms with Gasteiger partial charge in [0.25, 0.3) is 0 Å². The van der Waals surface area contributed by atoms with Gasteiger partial charge < -0.3 is 20.6 Å². The number of hydrogen-bond acceptors (Lipinski definition) is 4. The van der Waals surface area contributed by atoms with E-state index >= 15 is 0 Å². The molecule has 0 aromatic heterocycles. The van der Waals surface area contributed by atoms with Gasteiger partial charge >= 0.3 is 17.9 Å². The van der Waals surface area contributed by atoms with Crippen LogP contribution >= 0.6 is 0 Å². The molecule has 0 radical (unpaired) electrons. The summed E-state index contributed by atoms with van der Waals surface area (Å²) in [5.41, 5.74) is 0. The van der Waals surface area contributed by atoms with Gasteiger partial charge in [0.15, 0.2) is 0 Å². The van der Waals surface area contributed by atoms with E-state index in [4.69, 9.17) is 10.2 Å². The summed E-state index contributed by atoms with van der Waals surface area (Å²) < 4.78 is 0. The van der Waals surface area contributed by atoms with Crippen molar-refractivity contribution in [2.75, 3.05) is 0 Å². The van der Waals surface area contributed by atoms with Crippen molar-refractivity contribution in [1.29, 1.82) is 0 Å². The van der Waals surface area contributed by atoms with E-state index in [0.29, 0.717) is 25.7 Å². The van der Waals surface area contributed by atoms with Crippen molar-refractivity contribution >= 4 is 17.9 Å². The molecule has 0 aromatic rings. The average molecular weight is 466 g/mol. The van der Waals surface area contributed by atoms with Crippen LogP contribution in [-0.2, 0) is 14.4 Å². The van der Waals surface area contributed by atoms with E-state index in [1.165, 1.54) is 32.1 Å². The van der Waals surface area contributed by atoms with E-state index in [9.17, 15) is 19.5 Å². The highest BCUT2D eigenvalue weighted by Crippen LogP contribution is 2.22. The molecule has 1 aliphatic rings. The first kappa shape index (κ1) is 30.4. The summed E-state index contributed by atoms with van der Waals surface area (Å²) in [6.07, 6.45) is 22.8. The van der Waals surface area contributed by atoms with Gasteiger partial charge in [-0.1, -0.05) is 76.9 Å². The van der Waals surface area contributed by atoms with Crippen molar-refractivity contribution in [3.63, 3.8) is 0 Å². The van der Waals surface area contributed by atoms with Crippen LogP contribution in [0.1, 0.15) is 96.8 Å². The second-order valence-corrected chi connectivity index (χ2v) is 8.47. The molecule has 0 fully saturated rings. The third kappa shape index (κ3) is 19.8. The summed E-state index contributed by atoms with van der Waals surface area (Å²) in [6, 6.07) is 0. The minimum absolute atomic E-state index is 0.0977. The second-order valence-electron chi connectivity index (χ2n) is 8.47. The van der Waals surface area contributed by atoms with Gasteiger partial charge in [-0.2, -0.15) is 0 Å². The maximum atomic E-state index is 11.4. The SMILES string of the molecule is C1=CC=CNC=C1.CCCCCCCCCCC(CCCC(CCC(=O)O)C(=O)O)C(=O)O. The molecule has 0 aliphatic carbocycles. The fourth-order valence-corrected chi connectivity index (χ4v) is 3.62. The molecule has 0 amide bonds. The van der Waals surface area contributed by atoms with Crippen molar-refractivity contribution < 1.29 is 29.7 Å². The Balaban J connectivity index is 0.00000123. The molecule has 1 heterocycles. The van der Waals surface area contributed by atoms with Crippen LogP contribution in [0.5, 0.6) is 0 Å². The molecule has 188 valence electrons. The first-order valence-corrected chi connectivity index (χ1v) is 12.3. The van der Waals surface area contributed by atoms with E-state index < -0.39 is 29.7 Å². The van der Waals surface area contributed by atoms with Gasteiger partial charge in [-0.3, -0.25) is 14.4 Å². The average Bonchev–Trinajstić information content (AvgIpc) is 3.09. The van der Waals surface area contributed by atoms with Crippen LogP contribution < -0.4 is 5.32 Å². The van der Waals surface area contributed by atoms with Gasteiger partial charge in [0.2, 0.25) is 0 Å². The molecule has 2 atom stereocenters. The number of allylic oxidation sites excluding steroid dienone is 4. The lowest BCUT2D eigenvalue weighted by atomic mass is 9.91. The highest BCUT2D eigenvalue weighted by molar-refractivity contribution is 5.72. The summed E-state index contributed by atoms with van der Waals surface area (Å²) in [5, 5.41) is 30.0. The lowest BCUT2D eigenvalue weighted by Gasteiger charge is -2.15. The predicted octanol–water partition coefficient (Wildman–Crippen LogP) is 6.13. The maximum Gasteiger partial charge on any atom is 0.306 e. The first-order chi connectivity index (χ1) is 15.9. The number of hydrogen-bond donors (Lipinski definition) is 4. The molecule has 1 aliphatic heterocycles. The van der Waals surface area contributed by atoms with Crippen LogP contribution in [0.2, 0.25) is 0 Å². The largest absolute Gasteiger partial charge is 0.481 e. The van der Waals surface area contributed by atoms with Crippen LogP contribution in [0.15, 0.2) is 36.7 Å². The molecule has 1 rings (SSSR count). The van der Waals surface area contributed by atoms with E-state index in [0.717, 1.165) is 19.3 Å². The number of carbonyl (C=O) groups is 3. The molecular weight excluding hydrogens is 422 g/mol. The molecule has 2 unspecified atom stereocenters. The fourth-order valence-electron chi connectivity index (χ4n) is 3.62. The Hall–Kier alpha value is -2.57. The van der Waals surface area contributed by atoms with E-state index in [-0.39, 0.29) is 12.8 Å². The van der Waals surface area contributed by atoms with Gasteiger partial charge in [-0.25, -0.2) is 0 Å². The van der Waals surface area contributed by atoms with E-state index in [1.807, 2.05) is 36.7 Å². The maximum absolute atomic E-state index is 11.4. The van der Waals surface area contributed by atoms with Gasteiger partial charge in [0, 0.05) is 18.8 Å². The van der Waals surface area contributed by atoms with Gasteiger partial charge in [0.1, 0.15) is 0 Å². The number of nitrogens with one attached hydrogen (secondary N) is 1. The van der Waals surface area contributed by atoms with Crippen molar-refractivity contribution in [1.82, 2.24) is 5.32 Å². The minimum atomic E-state index is -1.01. The summed E-state index contributed by atoms with van der Waals surface area (Å²) in [7, 11) is 0. The van der Waals surface area contributed by atoms with E-state index in [2.05, 4.69) is 12.2 Å². The molecular formula is C26H43NO6. The highest BCUT2D eigenvalue weighted by atomic mass is 16.4. The molecule has 0 saturated carbocycles. The topological polar surface area (TPSA) is 124 Å². The Morgan fingerprint density at radius 2 is 1.09 bits per heavy atom. The van der Waals surface area contributed by atoms with Crippen LogP contribution in [0.25, 0.3) is 0 Å². The van der Waals surface area contributed by atoms with Crippen molar-refractivity contribution in [3.8, 4) is 0 Å². The predicted molar refractivity (Wildman–Crippen MR) is 131 cm³/mol. The number of rotatable bonds is 18. The molecule has 0 spiro atoms. The minimum Gasteiger partial charge on any atom is -0.481 e. The summed E-state index contributed by atoms with van der Waals surface area (Å²) in [4.78, 5) is 33.1. The first-order valence-electron chi connectivity index (χ1n) is 12.3. The monoisotopic (exact) mass is 465 g/mol. The molecule has 7 nitrogen and oxygen atoms in total. The third-order valence-corrected chi connectivity index (χ3v) is 5.63. The standard InChI is InChI=1S/C20H36O6.C6H7N/c1-2-3-4-5-6-7-8-9-11-16(19(23)24)12-10-13-17(20(25)26)14-15-18(21)22;1-2-4-6-7-5-3-1/h16-17H,2-15H2,1H3,(H,21,22)(H,23,24)(H,25,26);1-7H. The number of carboxylic acid groups (broad SMARTS) is 3. The van der Waals surface area contributed by atoms with Crippen molar-refractivity contribution in [2.45, 2.75) is 96.8 Å². The van der Waals surface area contributed by atoms with Crippen molar-refractivity contribution in [2.24, 2.45) is 11.8 Å². The summed E-state index contributed by atoms with van der Waals surface area (Å²) in [5.74, 6) is -3.95. The highest BCUT2D eigenvalue weighted by Gasteiger charge is 2.21. The number of unbranched alkanes of at least 4 members (excludes halogenated alkanes) is 7. The Kier molecular flexibility index (Phi) is 19.6. The molecule has 4 N–H and O–H groups in total. The smallest absolute Gasteiger partial charge is 0.306 e. The molecule has 7 heteroatoms. The Bertz CT molecular complexity index is 612. The zero-order valence-electron chi connectivity index (χ0n) is 20.1. The lowest BCUT2D eigenvalue weighted by Crippen LogP contribution is -2.17. The fraction of sp³-hybridized carbons (Fsp3) is 0.654. The second kappa shape index (κ2) is 21.3. The normalized spacial score (nSPS) is 13.8. The van der Waals surface area contributed by atoms with Crippen LogP contribution in [-0.4, -0.2) is 33.2 Å². The molecule has 0 bridgehead atoms. The zero-order chi connectivity index (χ0) is 24.7. The summed E-state index contributed by atoms with van der Waals surface area (Å²) >= 11 is 0. The van der Waals surface area contributed by atoms with Gasteiger partial charge in [-0.15, -0.1) is 0 Å². The third-order valence-electron chi connectivity index (χ3n) is 5.63. The number of aliphatic carboxylic acids is 3. The molecule has 0 saturated heterocycles. The number of carboxylic acids is 3. The Morgan fingerprint density at radius 3 is 1.58 bits per heavy atom. The van der Waals surface area contributed by atoms with Gasteiger partial charge in [-0.05, 0) is 37.8 Å². The van der Waals surface area contributed by atoms with Crippen LogP contribution in [0, 0.1) is 11.8 Å². The molecule has 33 heavy (non-hydrogen) atoms. The van der Waals surface area contributed by atoms with Crippen LogP contribution in [0.4, 0.5) is 0 Å². The van der Waals surface area contributed by atoms with Crippen LogP contribution in [0.3, 0.4) is 0 Å². The lowest BCUT2D eigenvalue weighted by molar-refractivity contribution is -0.143. The van der Waals surface area contributed by atoms with Crippen molar-refractivity contribution in [3.05, 3.63) is 36.7 Å². The quantitative estimate of drug-likeness (QED) is 0.180. The molecule has 0 aromatic carbocycles. The Labute approximate surface area is 198 Å². The Morgan fingerprint density at radius 1 is 0.636 bits per heavy atom.